The van der Waals surface area contributed by atoms with Crippen LogP contribution in [0.15, 0.2) is 225 Å². The Hall–Kier alpha value is -8.48. The molecule has 0 radical (unpaired) electrons. The first-order valence-electron chi connectivity index (χ1n) is 23.1. The Labute approximate surface area is 395 Å². The van der Waals surface area contributed by atoms with Gasteiger partial charge in [-0.05, 0) is 152 Å². The van der Waals surface area contributed by atoms with Gasteiger partial charge in [-0.3, -0.25) is 0 Å². The molecule has 0 spiro atoms. The predicted octanol–water partition coefficient (Wildman–Crippen LogP) is 17.5. The van der Waals surface area contributed by atoms with E-state index in [-0.39, 0.29) is 11.7 Å². The van der Waals surface area contributed by atoms with E-state index in [9.17, 15) is 8.78 Å². The molecule has 2 unspecified atom stereocenters. The SMILES string of the molecule is C=Cc1c(/C=C\C)n(-c2ccc(F)cc2)c2ccc(N(c3ccccc3)c3ccc(-c4ccc(N(c5ccccc5)c5ccc6c(c5)c5ccccc5n6C5=CC(C)C(F)C=C5)cc4)cc3)cc12. The van der Waals surface area contributed by atoms with Crippen molar-refractivity contribution in [2.45, 2.75) is 20.0 Å². The van der Waals surface area contributed by atoms with Crippen molar-refractivity contribution in [1.29, 1.82) is 0 Å². The molecule has 1 aliphatic rings. The lowest BCUT2D eigenvalue weighted by molar-refractivity contribution is 0.334. The fourth-order valence-corrected chi connectivity index (χ4v) is 9.83. The van der Waals surface area contributed by atoms with Gasteiger partial charge in [-0.2, -0.15) is 0 Å². The summed E-state index contributed by atoms with van der Waals surface area (Å²) < 4.78 is 33.0. The molecule has 2 aromatic heterocycles. The monoisotopic (exact) mass is 886 g/mol. The third-order valence-corrected chi connectivity index (χ3v) is 13.1. The zero-order valence-electron chi connectivity index (χ0n) is 37.8. The molecule has 2 atom stereocenters. The minimum atomic E-state index is -0.985. The average Bonchev–Trinajstić information content (AvgIpc) is 3.88. The number of rotatable bonds is 11. The Morgan fingerprint density at radius 1 is 0.529 bits per heavy atom. The number of nitrogens with zero attached hydrogens (tertiary/aromatic N) is 4. The Kier molecular flexibility index (Phi) is 11.0. The summed E-state index contributed by atoms with van der Waals surface area (Å²) in [4.78, 5) is 4.58. The summed E-state index contributed by atoms with van der Waals surface area (Å²) >= 11 is 0. The number of para-hydroxylation sites is 3. The molecule has 6 heteroatoms. The molecule has 0 bridgehead atoms. The van der Waals surface area contributed by atoms with Gasteiger partial charge >= 0.3 is 0 Å². The van der Waals surface area contributed by atoms with E-state index in [4.69, 9.17) is 0 Å². The molecule has 10 aromatic rings. The van der Waals surface area contributed by atoms with Crippen molar-refractivity contribution in [2.75, 3.05) is 9.80 Å². The van der Waals surface area contributed by atoms with Crippen LogP contribution in [0, 0.1) is 11.7 Å². The van der Waals surface area contributed by atoms with Crippen LogP contribution in [0.5, 0.6) is 0 Å². The first-order valence-corrected chi connectivity index (χ1v) is 23.1. The van der Waals surface area contributed by atoms with Gasteiger partial charge in [0.2, 0.25) is 0 Å². The van der Waals surface area contributed by atoms with E-state index in [1.165, 1.54) is 12.1 Å². The van der Waals surface area contributed by atoms with E-state index < -0.39 is 6.17 Å². The van der Waals surface area contributed by atoms with Gasteiger partial charge in [0.05, 0.1) is 22.2 Å². The summed E-state index contributed by atoms with van der Waals surface area (Å²) in [6.45, 7) is 8.15. The second-order valence-corrected chi connectivity index (χ2v) is 17.3. The number of hydrogen-bond acceptors (Lipinski definition) is 2. The molecule has 330 valence electrons. The molecule has 2 heterocycles. The Balaban J connectivity index is 0.946. The normalized spacial score (nSPS) is 14.8. The summed E-state index contributed by atoms with van der Waals surface area (Å²) in [5, 5.41) is 3.32. The zero-order valence-corrected chi connectivity index (χ0v) is 37.8. The summed E-state index contributed by atoms with van der Waals surface area (Å²) in [6.07, 6.45) is 10.6. The molecule has 11 rings (SSSR count). The van der Waals surface area contributed by atoms with Gasteiger partial charge in [-0.15, -0.1) is 0 Å². The number of alkyl halides is 1. The maximum absolute atomic E-state index is 14.5. The van der Waals surface area contributed by atoms with E-state index in [2.05, 4.69) is 189 Å². The van der Waals surface area contributed by atoms with Gasteiger partial charge in [-0.25, -0.2) is 8.78 Å². The minimum absolute atomic E-state index is 0.204. The molecule has 0 fully saturated rings. The molecule has 68 heavy (non-hydrogen) atoms. The highest BCUT2D eigenvalue weighted by Gasteiger charge is 2.23. The largest absolute Gasteiger partial charge is 0.310 e. The second kappa shape index (κ2) is 17.7. The van der Waals surface area contributed by atoms with Crippen molar-refractivity contribution in [3.05, 3.63) is 242 Å². The maximum atomic E-state index is 14.5. The predicted molar refractivity (Wildman–Crippen MR) is 283 cm³/mol. The summed E-state index contributed by atoms with van der Waals surface area (Å²) in [7, 11) is 0. The molecule has 4 nitrogen and oxygen atoms in total. The highest BCUT2D eigenvalue weighted by molar-refractivity contribution is 6.12. The van der Waals surface area contributed by atoms with Gasteiger partial charge in [0.1, 0.15) is 12.0 Å². The molecule has 1 aliphatic carbocycles. The van der Waals surface area contributed by atoms with Crippen LogP contribution in [0.1, 0.15) is 25.1 Å². The lowest BCUT2D eigenvalue weighted by Crippen LogP contribution is -2.12. The van der Waals surface area contributed by atoms with Crippen LogP contribution >= 0.6 is 0 Å². The second-order valence-electron chi connectivity index (χ2n) is 17.3. The third-order valence-electron chi connectivity index (χ3n) is 13.1. The summed E-state index contributed by atoms with van der Waals surface area (Å²) in [5.74, 6) is -0.475. The lowest BCUT2D eigenvalue weighted by atomic mass is 9.99. The lowest BCUT2D eigenvalue weighted by Gasteiger charge is -2.26. The molecule has 0 amide bonds. The minimum Gasteiger partial charge on any atom is -0.310 e. The Morgan fingerprint density at radius 2 is 1.03 bits per heavy atom. The third kappa shape index (κ3) is 7.50. The van der Waals surface area contributed by atoms with Crippen LogP contribution < -0.4 is 9.80 Å². The van der Waals surface area contributed by atoms with Gasteiger partial charge in [0, 0.05) is 73.1 Å². The highest BCUT2D eigenvalue weighted by atomic mass is 19.1. The van der Waals surface area contributed by atoms with Gasteiger partial charge in [-0.1, -0.05) is 111 Å². The van der Waals surface area contributed by atoms with Crippen molar-refractivity contribution in [2.24, 2.45) is 5.92 Å². The van der Waals surface area contributed by atoms with E-state index in [0.717, 1.165) is 101 Å². The molecule has 0 aliphatic heterocycles. The van der Waals surface area contributed by atoms with Crippen LogP contribution in [-0.4, -0.2) is 15.3 Å². The standard InChI is InChI=1S/C62H48F2N4/c1-4-14-59-54(5-2)56-40-52(34-37-61(56)67(59)50-31-25-45(63)26-32-50)65(46-15-8-6-9-16-46)48-27-21-43(22-28-48)44-23-29-49(30-24-44)66(47-17-10-7-11-18-47)53-35-38-62-57(41-53)55-19-12-13-20-60(55)68(62)51-33-36-58(64)42(3)39-51/h4-42,58H,2H2,1,3H3/b14-4-. The topological polar surface area (TPSA) is 16.3 Å². The number of halogens is 2. The molecule has 8 aromatic carbocycles. The zero-order chi connectivity index (χ0) is 46.3. The fourth-order valence-electron chi connectivity index (χ4n) is 9.83. The van der Waals surface area contributed by atoms with Gasteiger partial charge < -0.3 is 18.9 Å². The van der Waals surface area contributed by atoms with Crippen molar-refractivity contribution < 1.29 is 8.78 Å². The molecular formula is C62H48F2N4. The molecule has 0 N–H and O–H groups in total. The van der Waals surface area contributed by atoms with Crippen molar-refractivity contribution >= 4 is 84.7 Å². The molecule has 0 saturated carbocycles. The fraction of sp³-hybridized carbons (Fsp3) is 0.0645. The van der Waals surface area contributed by atoms with Crippen molar-refractivity contribution in [3.8, 4) is 16.8 Å². The number of aromatic nitrogens is 2. The number of allylic oxidation sites excluding steroid dienone is 5. The number of anilines is 6. The first-order chi connectivity index (χ1) is 33.4. The number of hydrogen-bond donors (Lipinski definition) is 0. The highest BCUT2D eigenvalue weighted by Crippen LogP contribution is 2.43. The van der Waals surface area contributed by atoms with Crippen molar-refractivity contribution in [3.63, 3.8) is 0 Å². The Bertz CT molecular complexity index is 3560. The summed E-state index contributed by atoms with van der Waals surface area (Å²) in [6, 6.07) is 66.7. The van der Waals surface area contributed by atoms with Crippen LogP contribution in [0.25, 0.3) is 67.4 Å². The van der Waals surface area contributed by atoms with E-state index in [0.29, 0.717) is 0 Å². The Morgan fingerprint density at radius 3 is 1.59 bits per heavy atom. The smallest absolute Gasteiger partial charge is 0.125 e. The van der Waals surface area contributed by atoms with Gasteiger partial charge in [0.25, 0.3) is 0 Å². The van der Waals surface area contributed by atoms with Crippen molar-refractivity contribution in [1.82, 2.24) is 9.13 Å². The quantitative estimate of drug-likeness (QED) is 0.129. The average molecular weight is 887 g/mol. The van der Waals surface area contributed by atoms with Crippen LogP contribution in [0.3, 0.4) is 0 Å². The number of fused-ring (bicyclic) bond motifs is 4. The number of benzene rings is 8. The maximum Gasteiger partial charge on any atom is 0.125 e. The van der Waals surface area contributed by atoms with E-state index in [1.54, 1.807) is 6.08 Å². The van der Waals surface area contributed by atoms with E-state index in [1.807, 2.05) is 62.4 Å². The van der Waals surface area contributed by atoms with Crippen LogP contribution in [0.2, 0.25) is 0 Å². The summed E-state index contributed by atoms with van der Waals surface area (Å²) in [5.41, 5.74) is 15.4. The first kappa shape index (κ1) is 42.2. The molecule has 0 saturated heterocycles. The van der Waals surface area contributed by atoms with Gasteiger partial charge in [0.15, 0.2) is 0 Å². The van der Waals surface area contributed by atoms with E-state index >= 15 is 0 Å². The molecular weight excluding hydrogens is 839 g/mol. The van der Waals surface area contributed by atoms with Crippen LogP contribution in [-0.2, 0) is 0 Å². The van der Waals surface area contributed by atoms with Crippen LogP contribution in [0.4, 0.5) is 42.9 Å².